The Labute approximate surface area is 93.9 Å². The molecular formula is C9H4F2N4O2. The lowest BCUT2D eigenvalue weighted by Gasteiger charge is -2.06. The van der Waals surface area contributed by atoms with Crippen molar-refractivity contribution in [2.75, 3.05) is 0 Å². The molecule has 0 N–H and O–H groups in total. The number of halogens is 2. The van der Waals surface area contributed by atoms with Gasteiger partial charge in [0.05, 0.1) is 28.7 Å². The van der Waals surface area contributed by atoms with Crippen LogP contribution >= 0.6 is 0 Å². The Balaban J connectivity index is 3.58. The highest BCUT2D eigenvalue weighted by molar-refractivity contribution is 5.52. The molecule has 0 aliphatic carbocycles. The zero-order valence-corrected chi connectivity index (χ0v) is 8.22. The Kier molecular flexibility index (Phi) is 3.62. The largest absolute Gasteiger partial charge is 0.297 e. The number of rotatable bonds is 3. The molecule has 0 aromatic carbocycles. The number of hydrogen-bond donors (Lipinski definition) is 0. The van der Waals surface area contributed by atoms with Crippen LogP contribution in [0.5, 0.6) is 0 Å². The van der Waals surface area contributed by atoms with Crippen LogP contribution in [0.4, 0.5) is 14.5 Å². The summed E-state index contributed by atoms with van der Waals surface area (Å²) in [7, 11) is 0. The van der Waals surface area contributed by atoms with Gasteiger partial charge in [-0.2, -0.15) is 10.5 Å². The molecule has 1 aromatic heterocycles. The molecule has 0 aliphatic rings. The molecule has 86 valence electrons. The zero-order chi connectivity index (χ0) is 13.0. The molecule has 1 aromatic rings. The van der Waals surface area contributed by atoms with Gasteiger partial charge < -0.3 is 0 Å². The quantitative estimate of drug-likeness (QED) is 0.590. The molecule has 0 radical (unpaired) electrons. The fourth-order valence-corrected chi connectivity index (χ4v) is 1.26. The topological polar surface area (TPSA) is 104 Å². The van der Waals surface area contributed by atoms with E-state index in [4.69, 9.17) is 10.5 Å². The third kappa shape index (κ3) is 2.32. The highest BCUT2D eigenvalue weighted by Crippen LogP contribution is 2.32. The van der Waals surface area contributed by atoms with Gasteiger partial charge in [-0.1, -0.05) is 0 Å². The van der Waals surface area contributed by atoms with Gasteiger partial charge in [0.25, 0.3) is 12.1 Å². The second-order valence-electron chi connectivity index (χ2n) is 2.88. The lowest BCUT2D eigenvalue weighted by molar-refractivity contribution is -0.386. The van der Waals surface area contributed by atoms with Crippen LogP contribution in [0.1, 0.15) is 23.2 Å². The van der Waals surface area contributed by atoms with E-state index in [2.05, 4.69) is 4.98 Å². The van der Waals surface area contributed by atoms with Crippen LogP contribution in [-0.4, -0.2) is 9.91 Å². The first-order chi connectivity index (χ1) is 8.02. The summed E-state index contributed by atoms with van der Waals surface area (Å²) < 4.78 is 25.4. The average molecular weight is 238 g/mol. The minimum absolute atomic E-state index is 0.184. The molecule has 0 unspecified atom stereocenters. The summed E-state index contributed by atoms with van der Waals surface area (Å²) in [6.45, 7) is 0. The summed E-state index contributed by atoms with van der Waals surface area (Å²) in [6.07, 6.45) is -2.90. The summed E-state index contributed by atoms with van der Waals surface area (Å²) in [6, 6.07) is 3.07. The maximum atomic E-state index is 12.7. The van der Waals surface area contributed by atoms with Crippen molar-refractivity contribution in [3.8, 4) is 12.1 Å². The van der Waals surface area contributed by atoms with Crippen LogP contribution in [0.25, 0.3) is 0 Å². The number of nitriles is 2. The lowest BCUT2D eigenvalue weighted by atomic mass is 10.0. The minimum Gasteiger partial charge on any atom is -0.258 e. The van der Waals surface area contributed by atoms with Gasteiger partial charge in [0.1, 0.15) is 17.8 Å². The Morgan fingerprint density at radius 3 is 2.59 bits per heavy atom. The molecule has 0 bridgehead atoms. The highest BCUT2D eigenvalue weighted by Gasteiger charge is 2.28. The van der Waals surface area contributed by atoms with Gasteiger partial charge in [-0.25, -0.2) is 8.78 Å². The van der Waals surface area contributed by atoms with Crippen LogP contribution in [0, 0.1) is 32.8 Å². The SMILES string of the molecule is N#CCc1ncc([N+](=O)[O-])c(C(F)F)c1C#N. The molecule has 0 amide bonds. The third-order valence-electron chi connectivity index (χ3n) is 1.95. The molecular weight excluding hydrogens is 234 g/mol. The molecule has 0 saturated heterocycles. The predicted molar refractivity (Wildman–Crippen MR) is 49.9 cm³/mol. The second-order valence-corrected chi connectivity index (χ2v) is 2.88. The van der Waals surface area contributed by atoms with Gasteiger partial charge in [-0.3, -0.25) is 15.1 Å². The summed E-state index contributed by atoms with van der Waals surface area (Å²) >= 11 is 0. The fraction of sp³-hybridized carbons (Fsp3) is 0.222. The molecule has 0 fully saturated rings. The fourth-order valence-electron chi connectivity index (χ4n) is 1.26. The maximum absolute atomic E-state index is 12.7. The van der Waals surface area contributed by atoms with Crippen molar-refractivity contribution in [3.63, 3.8) is 0 Å². The number of aromatic nitrogens is 1. The molecule has 0 saturated carbocycles. The Morgan fingerprint density at radius 1 is 1.53 bits per heavy atom. The monoisotopic (exact) mass is 238 g/mol. The first-order valence-electron chi connectivity index (χ1n) is 4.24. The van der Waals surface area contributed by atoms with Crippen molar-refractivity contribution in [1.29, 1.82) is 10.5 Å². The first-order valence-corrected chi connectivity index (χ1v) is 4.24. The summed E-state index contributed by atoms with van der Waals surface area (Å²) in [5, 5.41) is 27.7. The summed E-state index contributed by atoms with van der Waals surface area (Å²) in [5.74, 6) is 0. The van der Waals surface area contributed by atoms with E-state index in [1.165, 1.54) is 6.07 Å². The first kappa shape index (κ1) is 12.5. The molecule has 17 heavy (non-hydrogen) atoms. The molecule has 0 atom stereocenters. The Morgan fingerprint density at radius 2 is 2.18 bits per heavy atom. The zero-order valence-electron chi connectivity index (χ0n) is 8.22. The highest BCUT2D eigenvalue weighted by atomic mass is 19.3. The van der Waals surface area contributed by atoms with E-state index < -0.39 is 28.2 Å². The van der Waals surface area contributed by atoms with E-state index in [9.17, 15) is 18.9 Å². The molecule has 0 aliphatic heterocycles. The summed E-state index contributed by atoms with van der Waals surface area (Å²) in [5.41, 5.74) is -2.69. The van der Waals surface area contributed by atoms with Crippen molar-refractivity contribution < 1.29 is 13.7 Å². The molecule has 0 spiro atoms. The number of nitrogens with zero attached hydrogens (tertiary/aromatic N) is 4. The predicted octanol–water partition coefficient (Wildman–Crippen LogP) is 1.87. The number of pyridine rings is 1. The van der Waals surface area contributed by atoms with Crippen LogP contribution in [-0.2, 0) is 6.42 Å². The number of hydrogen-bond acceptors (Lipinski definition) is 5. The van der Waals surface area contributed by atoms with E-state index in [1.807, 2.05) is 0 Å². The van der Waals surface area contributed by atoms with Crippen molar-refractivity contribution in [2.24, 2.45) is 0 Å². The van der Waals surface area contributed by atoms with E-state index in [1.54, 1.807) is 6.07 Å². The normalized spacial score (nSPS) is 9.71. The van der Waals surface area contributed by atoms with Gasteiger partial charge in [-0.15, -0.1) is 0 Å². The van der Waals surface area contributed by atoms with Gasteiger partial charge in [0.15, 0.2) is 0 Å². The number of nitro groups is 1. The van der Waals surface area contributed by atoms with Gasteiger partial charge >= 0.3 is 0 Å². The van der Waals surface area contributed by atoms with E-state index in [0.717, 1.165) is 0 Å². The average Bonchev–Trinajstić information content (AvgIpc) is 2.28. The van der Waals surface area contributed by atoms with Crippen LogP contribution in [0.2, 0.25) is 0 Å². The van der Waals surface area contributed by atoms with Crippen molar-refractivity contribution in [2.45, 2.75) is 12.8 Å². The lowest BCUT2D eigenvalue weighted by Crippen LogP contribution is -2.05. The Hall–Kier alpha value is -2.61. The standard InChI is InChI=1S/C9H4F2N4O2/c10-9(11)8-5(3-13)6(1-2-12)14-4-7(8)15(16)17/h4,9H,1H2. The molecule has 1 rings (SSSR count). The maximum Gasteiger partial charge on any atom is 0.297 e. The van der Waals surface area contributed by atoms with Crippen LogP contribution < -0.4 is 0 Å². The number of alkyl halides is 2. The van der Waals surface area contributed by atoms with Crippen molar-refractivity contribution >= 4 is 5.69 Å². The molecule has 1 heterocycles. The molecule has 6 nitrogen and oxygen atoms in total. The van der Waals surface area contributed by atoms with E-state index in [-0.39, 0.29) is 12.1 Å². The van der Waals surface area contributed by atoms with Crippen LogP contribution in [0.15, 0.2) is 6.20 Å². The minimum atomic E-state index is -3.18. The van der Waals surface area contributed by atoms with Gasteiger partial charge in [-0.05, 0) is 0 Å². The Bertz CT molecular complexity index is 545. The van der Waals surface area contributed by atoms with Crippen molar-refractivity contribution in [1.82, 2.24) is 4.98 Å². The van der Waals surface area contributed by atoms with E-state index in [0.29, 0.717) is 6.20 Å². The summed E-state index contributed by atoms with van der Waals surface area (Å²) in [4.78, 5) is 13.0. The van der Waals surface area contributed by atoms with Gasteiger partial charge in [0.2, 0.25) is 0 Å². The molecule has 8 heteroatoms. The van der Waals surface area contributed by atoms with E-state index >= 15 is 0 Å². The van der Waals surface area contributed by atoms with Crippen molar-refractivity contribution in [3.05, 3.63) is 33.1 Å². The smallest absolute Gasteiger partial charge is 0.258 e. The second kappa shape index (κ2) is 4.94. The third-order valence-corrected chi connectivity index (χ3v) is 1.95. The van der Waals surface area contributed by atoms with Crippen LogP contribution in [0.3, 0.4) is 0 Å². The van der Waals surface area contributed by atoms with Gasteiger partial charge in [0, 0.05) is 0 Å².